The third-order valence-corrected chi connectivity index (χ3v) is 9.15. The van der Waals surface area contributed by atoms with Gasteiger partial charge in [-0.05, 0) is 48.6 Å². The number of imide groups is 1. The third kappa shape index (κ3) is 3.61. The second-order valence-corrected chi connectivity index (χ2v) is 11.4. The Hall–Kier alpha value is -4.69. The van der Waals surface area contributed by atoms with Crippen molar-refractivity contribution in [2.24, 2.45) is 11.5 Å². The molecule has 2 unspecified atom stereocenters. The maximum absolute atomic E-state index is 13.4. The van der Waals surface area contributed by atoms with E-state index in [1.54, 1.807) is 30.3 Å². The van der Waals surface area contributed by atoms with Crippen LogP contribution < -0.4 is 37.3 Å². The van der Waals surface area contributed by atoms with Crippen molar-refractivity contribution >= 4 is 35.5 Å². The first-order valence-corrected chi connectivity index (χ1v) is 14.0. The van der Waals surface area contributed by atoms with Gasteiger partial charge in [0.25, 0.3) is 23.3 Å². The van der Waals surface area contributed by atoms with Crippen molar-refractivity contribution in [1.82, 2.24) is 20.9 Å². The van der Waals surface area contributed by atoms with Crippen molar-refractivity contribution in [2.75, 3.05) is 24.5 Å². The van der Waals surface area contributed by atoms with Crippen molar-refractivity contribution in [3.8, 4) is 0 Å². The largest absolute Gasteiger partial charge is 0.358 e. The lowest BCUT2D eigenvalue weighted by Crippen LogP contribution is -2.92. The topological polar surface area (TPSA) is 203 Å². The molecule has 4 aliphatic heterocycles. The second kappa shape index (κ2) is 9.16. The smallest absolute Gasteiger partial charge is 0.347 e. The molecule has 1 spiro atoms. The molecule has 7 rings (SSSR count). The Balaban J connectivity index is 1.17. The Bertz CT molecular complexity index is 1570. The van der Waals surface area contributed by atoms with Gasteiger partial charge in [-0.15, -0.1) is 0 Å². The van der Waals surface area contributed by atoms with Crippen LogP contribution in [0.4, 0.5) is 10.5 Å². The number of para-hydroxylation sites is 1. The van der Waals surface area contributed by atoms with Crippen LogP contribution in [0.1, 0.15) is 27.9 Å². The second-order valence-electron chi connectivity index (χ2n) is 11.4. The molecule has 14 nitrogen and oxygen atoms in total. The summed E-state index contributed by atoms with van der Waals surface area (Å²) in [6, 6.07) is 11.1. The molecule has 10 N–H and O–H groups in total. The third-order valence-electron chi connectivity index (χ3n) is 9.15. The predicted octanol–water partition coefficient (Wildman–Crippen LogP) is -4.20. The predicted molar refractivity (Wildman–Crippen MR) is 149 cm³/mol. The molecule has 4 amide bonds. The molecule has 218 valence electrons. The number of nitrogens with one attached hydrogen (secondary N) is 4. The van der Waals surface area contributed by atoms with Crippen molar-refractivity contribution in [1.29, 1.82) is 0 Å². The van der Waals surface area contributed by atoms with Crippen molar-refractivity contribution in [3.05, 3.63) is 65.2 Å². The van der Waals surface area contributed by atoms with Gasteiger partial charge in [-0.25, -0.2) is 14.7 Å². The molecule has 2 fully saturated rings. The molecule has 5 aliphatic rings. The van der Waals surface area contributed by atoms with E-state index in [9.17, 15) is 24.6 Å². The number of urea groups is 1. The van der Waals surface area contributed by atoms with Gasteiger partial charge in [-0.3, -0.25) is 41.2 Å². The Morgan fingerprint density at radius 1 is 1.12 bits per heavy atom. The fraction of sp³-hybridized carbons (Fsp3) is 0.393. The van der Waals surface area contributed by atoms with E-state index >= 15 is 0 Å². The molecule has 2 aromatic rings. The normalized spacial score (nSPS) is 29.1. The van der Waals surface area contributed by atoms with Crippen LogP contribution in [-0.4, -0.2) is 98.7 Å². The number of fused-ring (bicyclic) bond motifs is 1. The Morgan fingerprint density at radius 3 is 2.69 bits per heavy atom. The number of carbonyl (C=O) groups is 3. The molecular weight excluding hydrogens is 542 g/mol. The lowest BCUT2D eigenvalue weighted by molar-refractivity contribution is -0.674. The van der Waals surface area contributed by atoms with Crippen LogP contribution in [0.5, 0.6) is 0 Å². The summed E-state index contributed by atoms with van der Waals surface area (Å²) in [6.45, 7) is -0.313. The molecule has 0 aromatic heterocycles. The summed E-state index contributed by atoms with van der Waals surface area (Å²) in [5.41, 5.74) is 14.1. The molecule has 0 radical (unpaired) electrons. The maximum Gasteiger partial charge on any atom is 0.347 e. The van der Waals surface area contributed by atoms with Gasteiger partial charge in [0.05, 0.1) is 13.1 Å². The number of benzene rings is 2. The summed E-state index contributed by atoms with van der Waals surface area (Å²) >= 11 is 0. The molecule has 14 heteroatoms. The number of amides is 4. The molecule has 0 bridgehead atoms. The molecule has 2 aromatic carbocycles. The van der Waals surface area contributed by atoms with Crippen molar-refractivity contribution in [3.63, 3.8) is 0 Å². The average Bonchev–Trinajstić information content (AvgIpc) is 3.71. The van der Waals surface area contributed by atoms with Crippen LogP contribution in [-0.2, 0) is 17.6 Å². The number of rotatable bonds is 5. The van der Waals surface area contributed by atoms with Crippen molar-refractivity contribution in [2.45, 2.75) is 48.8 Å². The Kier molecular flexibility index (Phi) is 5.72. The Labute approximate surface area is 240 Å². The number of nitrogens with zero attached hydrogens (tertiary/aromatic N) is 3. The fourth-order valence-electron chi connectivity index (χ4n) is 7.19. The van der Waals surface area contributed by atoms with E-state index in [2.05, 4.69) is 20.9 Å². The molecule has 0 saturated carbocycles. The van der Waals surface area contributed by atoms with Crippen LogP contribution >= 0.6 is 0 Å². The number of aryl methyl sites for hydroxylation is 1. The van der Waals surface area contributed by atoms with E-state index in [0.29, 0.717) is 11.3 Å². The van der Waals surface area contributed by atoms with E-state index in [-0.39, 0.29) is 31.6 Å². The maximum atomic E-state index is 13.4. The lowest BCUT2D eigenvalue weighted by Gasteiger charge is -2.41. The quantitative estimate of drug-likeness (QED) is 0.0988. The number of hydrogen-bond acceptors (Lipinski definition) is 9. The first-order chi connectivity index (χ1) is 20.1. The highest BCUT2D eigenvalue weighted by Crippen LogP contribution is 2.38. The van der Waals surface area contributed by atoms with Gasteiger partial charge in [-0.1, -0.05) is 30.3 Å². The first-order valence-electron chi connectivity index (χ1n) is 14.0. The zero-order valence-electron chi connectivity index (χ0n) is 22.7. The van der Waals surface area contributed by atoms with E-state index in [1.807, 2.05) is 18.2 Å². The number of carbonyl (C=O) groups excluding carboxylic acids is 3. The summed E-state index contributed by atoms with van der Waals surface area (Å²) < 4.78 is 1.52. The average molecular weight is 576 g/mol. The van der Waals surface area contributed by atoms with Crippen molar-refractivity contribution < 1.29 is 34.2 Å². The summed E-state index contributed by atoms with van der Waals surface area (Å²) in [7, 11) is 0. The number of hydrogen-bond donors (Lipinski definition) is 8. The number of anilines is 1. The van der Waals surface area contributed by atoms with E-state index in [0.717, 1.165) is 35.3 Å². The molecular formula is C28H33N9O5+2. The zero-order chi connectivity index (χ0) is 29.4. The van der Waals surface area contributed by atoms with E-state index in [1.165, 1.54) is 9.48 Å². The zero-order valence-corrected chi connectivity index (χ0v) is 22.7. The minimum absolute atomic E-state index is 0.0526. The van der Waals surface area contributed by atoms with Gasteiger partial charge in [0.15, 0.2) is 6.04 Å². The summed E-state index contributed by atoms with van der Waals surface area (Å²) in [5.74, 6) is -3.28. The number of aliphatic hydroxyl groups is 2. The Morgan fingerprint density at radius 2 is 1.90 bits per heavy atom. The summed E-state index contributed by atoms with van der Waals surface area (Å²) in [5, 5.41) is 32.5. The minimum Gasteiger partial charge on any atom is -0.358 e. The number of guanidine groups is 2. The van der Waals surface area contributed by atoms with Crippen LogP contribution in [0.3, 0.4) is 0 Å². The minimum atomic E-state index is -2.58. The SMILES string of the molecule is NC1=[NH+][C@H]2[C@H](CN3C(=O)CN(c4ccccc4)C3=O)NC(N)=[N+]3CC(NC(=O)c4cccc5c4CCC5)C(O)(O)C23N1. The van der Waals surface area contributed by atoms with Gasteiger partial charge in [-0.2, -0.15) is 0 Å². The van der Waals surface area contributed by atoms with Crippen LogP contribution in [0, 0.1) is 0 Å². The molecule has 1 aliphatic carbocycles. The van der Waals surface area contributed by atoms with Gasteiger partial charge in [0, 0.05) is 11.3 Å². The fourth-order valence-corrected chi connectivity index (χ4v) is 7.19. The van der Waals surface area contributed by atoms with Crippen LogP contribution in [0.25, 0.3) is 0 Å². The monoisotopic (exact) mass is 575 g/mol. The van der Waals surface area contributed by atoms with Crippen LogP contribution in [0.2, 0.25) is 0 Å². The number of nitrogens with two attached hydrogens (primary N) is 2. The molecule has 42 heavy (non-hydrogen) atoms. The lowest BCUT2D eigenvalue weighted by atomic mass is 9.85. The highest BCUT2D eigenvalue weighted by atomic mass is 16.5. The van der Waals surface area contributed by atoms with Crippen LogP contribution in [0.15, 0.2) is 48.5 Å². The summed E-state index contributed by atoms with van der Waals surface area (Å²) in [4.78, 5) is 45.3. The van der Waals surface area contributed by atoms with E-state index < -0.39 is 47.4 Å². The highest BCUT2D eigenvalue weighted by Gasteiger charge is 2.78. The first kappa shape index (κ1) is 26.2. The molecule has 4 atom stereocenters. The highest BCUT2D eigenvalue weighted by molar-refractivity contribution is 6.12. The molecule has 4 heterocycles. The summed E-state index contributed by atoms with van der Waals surface area (Å²) in [6.07, 6.45) is 2.64. The van der Waals surface area contributed by atoms with Gasteiger partial charge >= 0.3 is 18.0 Å². The van der Waals surface area contributed by atoms with E-state index in [4.69, 9.17) is 11.5 Å². The van der Waals surface area contributed by atoms with Gasteiger partial charge in [0.2, 0.25) is 0 Å². The van der Waals surface area contributed by atoms with Gasteiger partial charge < -0.3 is 15.5 Å². The standard InChI is InChI=1S/C28H31N9O5/c29-24-33-22-19(12-36-21(38)14-35(26(36)40)16-8-2-1-3-9-16)31-25(30)37-13-20(28(41,42)27(22,37)34-24)32-23(39)18-11-5-7-15-6-4-10-17(15)18/h1-3,5,7-9,11,19-20,22,41-42H,4,6,10,12-14H2,(H6,29,30,31,32,33,34,39)/p+2/t19-,20?,22-,27?/m0/s1. The molecule has 2 saturated heterocycles. The van der Waals surface area contributed by atoms with Gasteiger partial charge in [0.1, 0.15) is 18.6 Å².